The van der Waals surface area contributed by atoms with E-state index in [0.29, 0.717) is 43.2 Å². The Morgan fingerprint density at radius 1 is 1.13 bits per heavy atom. The standard InChI is InChI=1S/C23H23N5O3/c1-16-5-6-18(11-21(16)31-15-17-4-2-7-24-12-17)23(29)25-8-3-9-30-20-10-19-13-27-28-22(19)26-14-20/h2,4-7,10-14H,3,8-9,15H2,1H3,(H,25,29)(H,26,27,28). The highest BCUT2D eigenvalue weighted by Crippen LogP contribution is 2.21. The van der Waals surface area contributed by atoms with Crippen molar-refractivity contribution in [2.24, 2.45) is 0 Å². The van der Waals surface area contributed by atoms with Gasteiger partial charge in [0, 0.05) is 35.5 Å². The fraction of sp³-hybridized carbons (Fsp3) is 0.217. The van der Waals surface area contributed by atoms with E-state index in [1.807, 2.05) is 31.2 Å². The summed E-state index contributed by atoms with van der Waals surface area (Å²) in [5, 5.41) is 10.5. The highest BCUT2D eigenvalue weighted by atomic mass is 16.5. The van der Waals surface area contributed by atoms with Crippen molar-refractivity contribution in [3.63, 3.8) is 0 Å². The maximum absolute atomic E-state index is 12.5. The summed E-state index contributed by atoms with van der Waals surface area (Å²) in [5.41, 5.74) is 3.22. The van der Waals surface area contributed by atoms with E-state index in [1.165, 1.54) is 0 Å². The number of rotatable bonds is 9. The lowest BCUT2D eigenvalue weighted by Gasteiger charge is -2.11. The second-order valence-electron chi connectivity index (χ2n) is 7.07. The fourth-order valence-corrected chi connectivity index (χ4v) is 3.00. The molecule has 0 aliphatic heterocycles. The van der Waals surface area contributed by atoms with Crippen molar-refractivity contribution in [2.45, 2.75) is 20.0 Å². The van der Waals surface area contributed by atoms with Gasteiger partial charge in [0.15, 0.2) is 5.65 Å². The number of fused-ring (bicyclic) bond motifs is 1. The number of amides is 1. The zero-order chi connectivity index (χ0) is 21.5. The second-order valence-corrected chi connectivity index (χ2v) is 7.07. The normalized spacial score (nSPS) is 10.7. The molecule has 0 atom stereocenters. The van der Waals surface area contributed by atoms with Crippen LogP contribution in [0.1, 0.15) is 27.9 Å². The summed E-state index contributed by atoms with van der Waals surface area (Å²) < 4.78 is 11.6. The summed E-state index contributed by atoms with van der Waals surface area (Å²) in [6.07, 6.45) is 7.51. The number of H-pyrrole nitrogens is 1. The quantitative estimate of drug-likeness (QED) is 0.405. The van der Waals surface area contributed by atoms with Crippen molar-refractivity contribution < 1.29 is 14.3 Å². The summed E-state index contributed by atoms with van der Waals surface area (Å²) in [5.74, 6) is 1.21. The smallest absolute Gasteiger partial charge is 0.251 e. The molecule has 8 nitrogen and oxygen atoms in total. The Hall–Kier alpha value is -3.94. The average Bonchev–Trinajstić information content (AvgIpc) is 3.27. The molecule has 0 spiro atoms. The van der Waals surface area contributed by atoms with E-state index >= 15 is 0 Å². The largest absolute Gasteiger partial charge is 0.492 e. The Kier molecular flexibility index (Phi) is 6.37. The summed E-state index contributed by atoms with van der Waals surface area (Å²) in [4.78, 5) is 20.8. The first-order valence-electron chi connectivity index (χ1n) is 10.0. The molecule has 1 aromatic carbocycles. The molecular weight excluding hydrogens is 394 g/mol. The van der Waals surface area contributed by atoms with Crippen molar-refractivity contribution in [3.05, 3.63) is 77.9 Å². The zero-order valence-corrected chi connectivity index (χ0v) is 17.2. The minimum Gasteiger partial charge on any atom is -0.492 e. The van der Waals surface area contributed by atoms with Crippen LogP contribution >= 0.6 is 0 Å². The molecule has 2 N–H and O–H groups in total. The molecule has 4 aromatic rings. The zero-order valence-electron chi connectivity index (χ0n) is 17.2. The third kappa shape index (κ3) is 5.36. The molecule has 0 saturated heterocycles. The van der Waals surface area contributed by atoms with Crippen molar-refractivity contribution >= 4 is 16.9 Å². The lowest BCUT2D eigenvalue weighted by molar-refractivity contribution is 0.0951. The van der Waals surface area contributed by atoms with Gasteiger partial charge in [-0.1, -0.05) is 12.1 Å². The Morgan fingerprint density at radius 3 is 2.94 bits per heavy atom. The lowest BCUT2D eigenvalue weighted by Crippen LogP contribution is -2.25. The van der Waals surface area contributed by atoms with Gasteiger partial charge in [0.1, 0.15) is 18.1 Å². The van der Waals surface area contributed by atoms with Gasteiger partial charge in [0.25, 0.3) is 5.91 Å². The van der Waals surface area contributed by atoms with Crippen LogP contribution in [-0.2, 0) is 6.61 Å². The monoisotopic (exact) mass is 417 g/mol. The van der Waals surface area contributed by atoms with Crippen LogP contribution in [0.4, 0.5) is 0 Å². The molecule has 1 amide bonds. The van der Waals surface area contributed by atoms with Gasteiger partial charge >= 0.3 is 0 Å². The Balaban J connectivity index is 1.24. The molecule has 0 radical (unpaired) electrons. The van der Waals surface area contributed by atoms with E-state index in [1.54, 1.807) is 36.9 Å². The third-order valence-electron chi connectivity index (χ3n) is 4.71. The second kappa shape index (κ2) is 9.71. The Bertz CT molecular complexity index is 1160. The van der Waals surface area contributed by atoms with Gasteiger partial charge in [0.2, 0.25) is 0 Å². The predicted molar refractivity (Wildman–Crippen MR) is 116 cm³/mol. The molecule has 0 bridgehead atoms. The number of aryl methyl sites for hydroxylation is 1. The number of nitrogens with one attached hydrogen (secondary N) is 2. The Labute approximate surface area is 179 Å². The van der Waals surface area contributed by atoms with Gasteiger partial charge < -0.3 is 14.8 Å². The van der Waals surface area contributed by atoms with Crippen molar-refractivity contribution in [2.75, 3.05) is 13.2 Å². The average molecular weight is 417 g/mol. The molecule has 3 aromatic heterocycles. The predicted octanol–water partition coefficient (Wildman–Crippen LogP) is 3.44. The number of benzene rings is 1. The van der Waals surface area contributed by atoms with E-state index in [0.717, 1.165) is 22.2 Å². The van der Waals surface area contributed by atoms with E-state index in [4.69, 9.17) is 9.47 Å². The highest BCUT2D eigenvalue weighted by Gasteiger charge is 2.09. The van der Waals surface area contributed by atoms with Crippen LogP contribution in [0.15, 0.2) is 61.2 Å². The highest BCUT2D eigenvalue weighted by molar-refractivity contribution is 5.94. The number of carbonyl (C=O) groups excluding carboxylic acids is 1. The molecule has 0 unspecified atom stereocenters. The number of carbonyl (C=O) groups is 1. The van der Waals surface area contributed by atoms with Gasteiger partial charge in [-0.15, -0.1) is 0 Å². The Morgan fingerprint density at radius 2 is 2.06 bits per heavy atom. The van der Waals surface area contributed by atoms with Crippen molar-refractivity contribution in [3.8, 4) is 11.5 Å². The topological polar surface area (TPSA) is 102 Å². The summed E-state index contributed by atoms with van der Waals surface area (Å²) in [6.45, 7) is 3.32. The van der Waals surface area contributed by atoms with Gasteiger partial charge in [-0.2, -0.15) is 5.10 Å². The van der Waals surface area contributed by atoms with Crippen molar-refractivity contribution in [1.82, 2.24) is 25.5 Å². The molecule has 0 saturated carbocycles. The number of pyridine rings is 2. The van der Waals surface area contributed by atoms with Crippen LogP contribution in [0.3, 0.4) is 0 Å². The maximum Gasteiger partial charge on any atom is 0.251 e. The first-order chi connectivity index (χ1) is 15.2. The van der Waals surface area contributed by atoms with Gasteiger partial charge in [-0.3, -0.25) is 14.9 Å². The minimum atomic E-state index is -0.146. The summed E-state index contributed by atoms with van der Waals surface area (Å²) in [6, 6.07) is 11.1. The van der Waals surface area contributed by atoms with Crippen LogP contribution in [0.5, 0.6) is 11.5 Å². The molecule has 0 aliphatic carbocycles. The van der Waals surface area contributed by atoms with E-state index in [2.05, 4.69) is 25.5 Å². The van der Waals surface area contributed by atoms with Crippen molar-refractivity contribution in [1.29, 1.82) is 0 Å². The molecule has 158 valence electrons. The molecule has 4 rings (SSSR count). The molecule has 0 aliphatic rings. The first kappa shape index (κ1) is 20.3. The van der Waals surface area contributed by atoms with Crippen LogP contribution in [0.2, 0.25) is 0 Å². The maximum atomic E-state index is 12.5. The first-order valence-corrected chi connectivity index (χ1v) is 10.0. The SMILES string of the molecule is Cc1ccc(C(=O)NCCCOc2cnc3[nH]ncc3c2)cc1OCc1cccnc1. The molecule has 0 fully saturated rings. The number of aromatic amines is 1. The van der Waals surface area contributed by atoms with Gasteiger partial charge in [-0.05, 0) is 43.2 Å². The fourth-order valence-electron chi connectivity index (χ4n) is 3.00. The lowest BCUT2D eigenvalue weighted by atomic mass is 10.1. The summed E-state index contributed by atoms with van der Waals surface area (Å²) >= 11 is 0. The number of aromatic nitrogens is 4. The summed E-state index contributed by atoms with van der Waals surface area (Å²) in [7, 11) is 0. The number of hydrogen-bond acceptors (Lipinski definition) is 6. The third-order valence-corrected chi connectivity index (χ3v) is 4.71. The van der Waals surface area contributed by atoms with Crippen LogP contribution in [0.25, 0.3) is 11.0 Å². The van der Waals surface area contributed by atoms with Gasteiger partial charge in [0.05, 0.1) is 19.0 Å². The molecular formula is C23H23N5O3. The molecule has 31 heavy (non-hydrogen) atoms. The minimum absolute atomic E-state index is 0.146. The van der Waals surface area contributed by atoms with Crippen LogP contribution in [0, 0.1) is 6.92 Å². The molecule has 3 heterocycles. The number of ether oxygens (including phenoxy) is 2. The number of hydrogen-bond donors (Lipinski definition) is 2. The van der Waals surface area contributed by atoms with E-state index in [9.17, 15) is 4.79 Å². The van der Waals surface area contributed by atoms with E-state index in [-0.39, 0.29) is 5.91 Å². The van der Waals surface area contributed by atoms with E-state index < -0.39 is 0 Å². The molecule has 8 heteroatoms. The van der Waals surface area contributed by atoms with Crippen LogP contribution < -0.4 is 14.8 Å². The number of nitrogens with zero attached hydrogens (tertiary/aromatic N) is 3. The van der Waals surface area contributed by atoms with Gasteiger partial charge in [-0.25, -0.2) is 4.98 Å². The van der Waals surface area contributed by atoms with Crippen LogP contribution in [-0.4, -0.2) is 39.2 Å².